The van der Waals surface area contributed by atoms with E-state index < -0.39 is 5.91 Å². The first-order valence-electron chi connectivity index (χ1n) is 12.2. The molecular weight excluding hydrogens is 446 g/mol. The smallest absolute Gasteiger partial charge is 0.276 e. The minimum atomic E-state index is -0.621. The van der Waals surface area contributed by atoms with E-state index in [1.165, 1.54) is 28.7 Å². The maximum Gasteiger partial charge on any atom is 0.276 e. The molecule has 0 radical (unpaired) electrons. The molecule has 9 nitrogen and oxygen atoms in total. The maximum atomic E-state index is 11.5. The summed E-state index contributed by atoms with van der Waals surface area (Å²) in [6.07, 6.45) is 8.28. The average Bonchev–Trinajstić information content (AvgIpc) is 3.47. The van der Waals surface area contributed by atoms with Gasteiger partial charge in [-0.05, 0) is 50.3 Å². The van der Waals surface area contributed by atoms with Gasteiger partial charge in [0.1, 0.15) is 5.84 Å². The van der Waals surface area contributed by atoms with Gasteiger partial charge in [-0.15, -0.1) is 0 Å². The summed E-state index contributed by atoms with van der Waals surface area (Å²) in [6, 6.07) is 4.21. The third kappa shape index (κ3) is 5.68. The van der Waals surface area contributed by atoms with Gasteiger partial charge in [0, 0.05) is 50.0 Å². The van der Waals surface area contributed by atoms with Crippen molar-refractivity contribution in [1.29, 1.82) is 0 Å². The Bertz CT molecular complexity index is 1130. The number of carbonyl (C=O) groups is 1. The zero-order valence-electron chi connectivity index (χ0n) is 20.5. The van der Waals surface area contributed by atoms with Crippen molar-refractivity contribution >= 4 is 22.6 Å². The van der Waals surface area contributed by atoms with Gasteiger partial charge >= 0.3 is 0 Å². The lowest BCUT2D eigenvalue weighted by Crippen LogP contribution is -2.39. The average molecular weight is 482 g/mol. The lowest BCUT2D eigenvalue weighted by atomic mass is 9.96. The molecule has 4 rings (SSSR count). The molecule has 1 saturated heterocycles. The van der Waals surface area contributed by atoms with Crippen molar-refractivity contribution in [3.8, 4) is 11.5 Å². The van der Waals surface area contributed by atoms with E-state index in [4.69, 9.17) is 14.7 Å². The lowest BCUT2D eigenvalue weighted by Gasteiger charge is -2.33. The predicted octanol–water partition coefficient (Wildman–Crippen LogP) is 3.58. The summed E-state index contributed by atoms with van der Waals surface area (Å²) in [5.74, 6) is 2.48. The zero-order chi connectivity index (χ0) is 24.8. The number of nitrogens with zero attached hydrogens (tertiary/aromatic N) is 3. The molecule has 0 spiro atoms. The maximum absolute atomic E-state index is 11.5. The third-order valence-corrected chi connectivity index (χ3v) is 6.72. The molecule has 2 aliphatic rings. The van der Waals surface area contributed by atoms with Gasteiger partial charge in [0.15, 0.2) is 11.5 Å². The second kappa shape index (κ2) is 11.4. The first kappa shape index (κ1) is 24.8. The molecule has 188 valence electrons. The van der Waals surface area contributed by atoms with Crippen LogP contribution in [0.3, 0.4) is 0 Å². The van der Waals surface area contributed by atoms with E-state index in [9.17, 15) is 4.79 Å². The molecule has 9 heteroatoms. The van der Waals surface area contributed by atoms with Crippen LogP contribution in [-0.4, -0.2) is 52.8 Å². The van der Waals surface area contributed by atoms with Crippen LogP contribution < -0.4 is 20.3 Å². The highest BCUT2D eigenvalue weighted by atomic mass is 16.7. The Morgan fingerprint density at radius 1 is 1.29 bits per heavy atom. The standard InChI is InChI=1S/C26H35N5O4/c1-4-8-31-16-21(22-11-24-25(12-23(22)31)35-17-34-24)14-27-13-19-6-9-30(10-7-19)18(3)28-15-20(5-2)26(32)29-33/h5,11-12,15-16,19,27,33H,2,4,6-10,13-14,17H2,1,3H3,(H,29,32)/b20-15+,28-18?. The number of hydrogen-bond acceptors (Lipinski definition) is 6. The summed E-state index contributed by atoms with van der Waals surface area (Å²) in [5, 5.41) is 13.7. The van der Waals surface area contributed by atoms with Gasteiger partial charge < -0.3 is 24.3 Å². The Kier molecular flexibility index (Phi) is 8.09. The van der Waals surface area contributed by atoms with Crippen LogP contribution in [0.2, 0.25) is 0 Å². The third-order valence-electron chi connectivity index (χ3n) is 6.72. The fourth-order valence-corrected chi connectivity index (χ4v) is 4.70. The number of rotatable bonds is 9. The molecule has 0 bridgehead atoms. The van der Waals surface area contributed by atoms with Crippen LogP contribution in [0.1, 0.15) is 38.7 Å². The van der Waals surface area contributed by atoms with Gasteiger partial charge in [0.2, 0.25) is 6.79 Å². The van der Waals surface area contributed by atoms with E-state index in [1.807, 2.05) is 6.92 Å². The molecular formula is C26H35N5O4. The Morgan fingerprint density at radius 3 is 2.71 bits per heavy atom. The highest BCUT2D eigenvalue weighted by Gasteiger charge is 2.21. The number of amidine groups is 1. The Labute approximate surface area is 206 Å². The van der Waals surface area contributed by atoms with E-state index in [2.05, 4.69) is 51.6 Å². The second-order valence-corrected chi connectivity index (χ2v) is 9.04. The quantitative estimate of drug-likeness (QED) is 0.126. The van der Waals surface area contributed by atoms with Crippen LogP contribution in [0.4, 0.5) is 0 Å². The monoisotopic (exact) mass is 481 g/mol. The van der Waals surface area contributed by atoms with Crippen molar-refractivity contribution < 1.29 is 19.5 Å². The summed E-state index contributed by atoms with van der Waals surface area (Å²) in [7, 11) is 0. The molecule has 1 aromatic heterocycles. The van der Waals surface area contributed by atoms with Gasteiger partial charge in [0.25, 0.3) is 5.91 Å². The number of fused-ring (bicyclic) bond motifs is 2. The first-order chi connectivity index (χ1) is 17.0. The summed E-state index contributed by atoms with van der Waals surface area (Å²) < 4.78 is 13.5. The summed E-state index contributed by atoms with van der Waals surface area (Å²) in [4.78, 5) is 18.1. The number of amides is 1. The van der Waals surface area contributed by atoms with Crippen molar-refractivity contribution in [3.63, 3.8) is 0 Å². The van der Waals surface area contributed by atoms with E-state index in [-0.39, 0.29) is 12.4 Å². The van der Waals surface area contributed by atoms with Crippen molar-refractivity contribution in [3.05, 3.63) is 48.3 Å². The Hall–Kier alpha value is -3.30. The van der Waals surface area contributed by atoms with Crippen LogP contribution in [0.25, 0.3) is 10.9 Å². The summed E-state index contributed by atoms with van der Waals surface area (Å²) in [5.41, 5.74) is 4.30. The van der Waals surface area contributed by atoms with Crippen LogP contribution in [-0.2, 0) is 17.9 Å². The fraction of sp³-hybridized carbons (Fsp3) is 0.462. The molecule has 1 aromatic carbocycles. The number of ether oxygens (including phenoxy) is 2. The number of nitrogens with one attached hydrogen (secondary N) is 2. The molecule has 0 saturated carbocycles. The number of piperidine rings is 1. The van der Waals surface area contributed by atoms with Crippen LogP contribution in [0.5, 0.6) is 11.5 Å². The minimum Gasteiger partial charge on any atom is -0.454 e. The zero-order valence-corrected chi connectivity index (χ0v) is 20.5. The number of carbonyl (C=O) groups excluding carboxylic acids is 1. The fourth-order valence-electron chi connectivity index (χ4n) is 4.70. The number of hydroxylamine groups is 1. The van der Waals surface area contributed by atoms with Gasteiger partial charge in [-0.25, -0.2) is 10.5 Å². The van der Waals surface area contributed by atoms with Gasteiger partial charge in [-0.3, -0.25) is 10.0 Å². The first-order valence-corrected chi connectivity index (χ1v) is 12.2. The molecule has 0 unspecified atom stereocenters. The molecule has 1 amide bonds. The van der Waals surface area contributed by atoms with Gasteiger partial charge in [-0.1, -0.05) is 19.6 Å². The number of aromatic nitrogens is 1. The number of aryl methyl sites for hydroxylation is 1. The Balaban J connectivity index is 1.31. The van der Waals surface area contributed by atoms with Crippen molar-refractivity contribution in [1.82, 2.24) is 20.3 Å². The van der Waals surface area contributed by atoms with Gasteiger partial charge in [-0.2, -0.15) is 0 Å². The molecule has 3 N–H and O–H groups in total. The molecule has 35 heavy (non-hydrogen) atoms. The topological polar surface area (TPSA) is 100 Å². The molecule has 0 atom stereocenters. The largest absolute Gasteiger partial charge is 0.454 e. The minimum absolute atomic E-state index is 0.218. The lowest BCUT2D eigenvalue weighted by molar-refractivity contribution is -0.124. The molecule has 1 fully saturated rings. The van der Waals surface area contributed by atoms with E-state index in [0.29, 0.717) is 5.92 Å². The number of benzene rings is 1. The molecule has 0 aliphatic carbocycles. The number of likely N-dealkylation sites (tertiary alicyclic amines) is 1. The van der Waals surface area contributed by atoms with Crippen LogP contribution >= 0.6 is 0 Å². The summed E-state index contributed by atoms with van der Waals surface area (Å²) >= 11 is 0. The number of hydrogen-bond donors (Lipinski definition) is 3. The van der Waals surface area contributed by atoms with E-state index in [0.717, 1.165) is 69.3 Å². The van der Waals surface area contributed by atoms with Crippen molar-refractivity contribution in [2.24, 2.45) is 10.9 Å². The molecule has 2 aromatic rings. The van der Waals surface area contributed by atoms with Gasteiger partial charge in [0.05, 0.1) is 11.1 Å². The van der Waals surface area contributed by atoms with Crippen molar-refractivity contribution in [2.45, 2.75) is 46.2 Å². The van der Waals surface area contributed by atoms with E-state index in [1.54, 1.807) is 5.48 Å². The highest BCUT2D eigenvalue weighted by Crippen LogP contribution is 2.38. The van der Waals surface area contributed by atoms with Crippen molar-refractivity contribution in [2.75, 3.05) is 26.4 Å². The van der Waals surface area contributed by atoms with E-state index >= 15 is 0 Å². The summed E-state index contributed by atoms with van der Waals surface area (Å²) in [6.45, 7) is 12.6. The molecule has 3 heterocycles. The Morgan fingerprint density at radius 2 is 2.03 bits per heavy atom. The second-order valence-electron chi connectivity index (χ2n) is 9.04. The van der Waals surface area contributed by atoms with Crippen LogP contribution in [0, 0.1) is 5.92 Å². The predicted molar refractivity (Wildman–Crippen MR) is 136 cm³/mol. The van der Waals surface area contributed by atoms with Crippen LogP contribution in [0.15, 0.2) is 47.7 Å². The highest BCUT2D eigenvalue weighted by molar-refractivity contribution is 5.95. The normalized spacial score (nSPS) is 16.7. The SMILES string of the molecule is C=C/C(=C\N=C(C)N1CCC(CNCc2cn(CCC)c3cc4c(cc23)OCO4)CC1)C(=O)NO. The molecule has 2 aliphatic heterocycles. The number of aliphatic imine (C=N–C) groups is 1.